The molecule has 0 amide bonds. The fourth-order valence-electron chi connectivity index (χ4n) is 2.21. The molecule has 0 bridgehead atoms. The van der Waals surface area contributed by atoms with Gasteiger partial charge in [0.1, 0.15) is 0 Å². The van der Waals surface area contributed by atoms with Gasteiger partial charge in [0, 0.05) is 5.38 Å². The zero-order chi connectivity index (χ0) is 12.3. The number of allylic oxidation sites excluding steroid dienone is 1. The summed E-state index contributed by atoms with van der Waals surface area (Å²) in [6.45, 7) is 0. The number of carbonyl (C=O) groups is 1. The van der Waals surface area contributed by atoms with Crippen molar-refractivity contribution < 1.29 is 9.90 Å². The van der Waals surface area contributed by atoms with E-state index in [4.69, 9.17) is 5.73 Å². The molecule has 0 aliphatic heterocycles. The summed E-state index contributed by atoms with van der Waals surface area (Å²) in [5.41, 5.74) is 6.32. The normalized spacial score (nSPS) is 18.2. The molecule has 0 saturated heterocycles. The van der Waals surface area contributed by atoms with Crippen molar-refractivity contribution in [2.24, 2.45) is 5.92 Å². The maximum absolute atomic E-state index is 11.2. The molecule has 4 nitrogen and oxygen atoms in total. The van der Waals surface area contributed by atoms with Crippen LogP contribution in [0.2, 0.25) is 0 Å². The number of thiazole rings is 1. The number of aliphatic carboxylic acids is 1. The number of anilines is 1. The van der Waals surface area contributed by atoms with Crippen LogP contribution < -0.4 is 5.73 Å². The topological polar surface area (TPSA) is 76.2 Å². The van der Waals surface area contributed by atoms with Crippen LogP contribution in [-0.2, 0) is 4.79 Å². The number of rotatable bonds is 3. The van der Waals surface area contributed by atoms with E-state index >= 15 is 0 Å². The van der Waals surface area contributed by atoms with Gasteiger partial charge in [0.25, 0.3) is 0 Å². The lowest BCUT2D eigenvalue weighted by Gasteiger charge is -2.18. The summed E-state index contributed by atoms with van der Waals surface area (Å²) in [5.74, 6) is -0.543. The Morgan fingerprint density at radius 3 is 2.71 bits per heavy atom. The van der Waals surface area contributed by atoms with Gasteiger partial charge in [0.2, 0.25) is 0 Å². The quantitative estimate of drug-likeness (QED) is 0.811. The van der Waals surface area contributed by atoms with E-state index in [1.165, 1.54) is 30.6 Å². The largest absolute Gasteiger partial charge is 0.478 e. The standard InChI is InChI=1S/C12H16N2O2S/c13-12-14-10(7-17-12)9(11(15)16)6-8-4-2-1-3-5-8/h6-8H,1-5H2,(H2,13,14)(H,15,16). The first-order chi connectivity index (χ1) is 8.16. The number of carboxylic acids is 1. The van der Waals surface area contributed by atoms with E-state index < -0.39 is 5.97 Å². The molecule has 1 aliphatic carbocycles. The Balaban J connectivity index is 2.22. The first-order valence-corrected chi connectivity index (χ1v) is 6.71. The van der Waals surface area contributed by atoms with E-state index in [-0.39, 0.29) is 0 Å². The third kappa shape index (κ3) is 3.06. The molecule has 5 heteroatoms. The highest BCUT2D eigenvalue weighted by Crippen LogP contribution is 2.28. The summed E-state index contributed by atoms with van der Waals surface area (Å²) >= 11 is 1.27. The van der Waals surface area contributed by atoms with Crippen LogP contribution in [0.3, 0.4) is 0 Å². The Morgan fingerprint density at radius 2 is 2.18 bits per heavy atom. The molecule has 1 saturated carbocycles. The number of carboxylic acid groups (broad SMARTS) is 1. The Labute approximate surface area is 104 Å². The van der Waals surface area contributed by atoms with E-state index in [1.807, 2.05) is 6.08 Å². The van der Waals surface area contributed by atoms with Crippen molar-refractivity contribution in [1.29, 1.82) is 0 Å². The highest BCUT2D eigenvalue weighted by molar-refractivity contribution is 7.13. The third-order valence-electron chi connectivity index (χ3n) is 3.08. The van der Waals surface area contributed by atoms with Crippen molar-refractivity contribution in [2.45, 2.75) is 32.1 Å². The lowest BCUT2D eigenvalue weighted by molar-refractivity contribution is -0.130. The Bertz CT molecular complexity index is 433. The molecule has 0 aromatic carbocycles. The molecule has 3 N–H and O–H groups in total. The van der Waals surface area contributed by atoms with E-state index in [0.717, 1.165) is 12.8 Å². The minimum absolute atomic E-state index is 0.296. The minimum Gasteiger partial charge on any atom is -0.478 e. The van der Waals surface area contributed by atoms with E-state index in [9.17, 15) is 9.90 Å². The predicted octanol–water partition coefficient (Wildman–Crippen LogP) is 2.77. The summed E-state index contributed by atoms with van der Waals surface area (Å²) in [4.78, 5) is 15.3. The van der Waals surface area contributed by atoms with E-state index in [0.29, 0.717) is 22.3 Å². The van der Waals surface area contributed by atoms with Gasteiger partial charge in [-0.05, 0) is 18.8 Å². The van der Waals surface area contributed by atoms with Crippen molar-refractivity contribution in [3.63, 3.8) is 0 Å². The monoisotopic (exact) mass is 252 g/mol. The predicted molar refractivity (Wildman–Crippen MR) is 68.7 cm³/mol. The first-order valence-electron chi connectivity index (χ1n) is 5.83. The third-order valence-corrected chi connectivity index (χ3v) is 3.75. The van der Waals surface area contributed by atoms with Gasteiger partial charge in [0.05, 0.1) is 11.3 Å². The number of aromatic nitrogens is 1. The van der Waals surface area contributed by atoms with Crippen molar-refractivity contribution in [2.75, 3.05) is 5.73 Å². The number of nitrogens with two attached hydrogens (primary N) is 1. The van der Waals surface area contributed by atoms with Crippen molar-refractivity contribution in [1.82, 2.24) is 4.98 Å². The van der Waals surface area contributed by atoms with Crippen LogP contribution >= 0.6 is 11.3 Å². The summed E-state index contributed by atoms with van der Waals surface area (Å²) in [6, 6.07) is 0. The van der Waals surface area contributed by atoms with E-state index in [1.54, 1.807) is 5.38 Å². The van der Waals surface area contributed by atoms with Crippen molar-refractivity contribution >= 4 is 28.0 Å². The zero-order valence-electron chi connectivity index (χ0n) is 9.56. The highest BCUT2D eigenvalue weighted by Gasteiger charge is 2.18. The van der Waals surface area contributed by atoms with Gasteiger partial charge in [-0.2, -0.15) is 0 Å². The molecule has 0 unspecified atom stereocenters. The van der Waals surface area contributed by atoms with Crippen LogP contribution in [0.25, 0.3) is 5.57 Å². The fraction of sp³-hybridized carbons (Fsp3) is 0.500. The molecule has 0 spiro atoms. The summed E-state index contributed by atoms with van der Waals surface area (Å²) in [5, 5.41) is 11.3. The lowest BCUT2D eigenvalue weighted by Crippen LogP contribution is -2.07. The number of nitrogens with zero attached hydrogens (tertiary/aromatic N) is 1. The second-order valence-electron chi connectivity index (χ2n) is 4.35. The molecule has 1 heterocycles. The molecule has 1 aromatic heterocycles. The fourth-order valence-corrected chi connectivity index (χ4v) is 2.78. The van der Waals surface area contributed by atoms with Crippen molar-refractivity contribution in [3.8, 4) is 0 Å². The van der Waals surface area contributed by atoms with Gasteiger partial charge in [-0.15, -0.1) is 11.3 Å². The number of hydrogen-bond acceptors (Lipinski definition) is 4. The summed E-state index contributed by atoms with van der Waals surface area (Å²) in [6.07, 6.45) is 7.65. The summed E-state index contributed by atoms with van der Waals surface area (Å²) in [7, 11) is 0. The van der Waals surface area contributed by atoms with Crippen molar-refractivity contribution in [3.05, 3.63) is 17.2 Å². The van der Waals surface area contributed by atoms with Crippen LogP contribution in [0.4, 0.5) is 5.13 Å². The average Bonchev–Trinajstić information content (AvgIpc) is 2.73. The smallest absolute Gasteiger partial charge is 0.337 e. The number of hydrogen-bond donors (Lipinski definition) is 2. The zero-order valence-corrected chi connectivity index (χ0v) is 10.4. The molecule has 1 aromatic rings. The average molecular weight is 252 g/mol. The molecular formula is C12H16N2O2S. The molecular weight excluding hydrogens is 236 g/mol. The van der Waals surface area contributed by atoms with Gasteiger partial charge in [0.15, 0.2) is 5.13 Å². The lowest BCUT2D eigenvalue weighted by atomic mass is 9.87. The molecule has 2 rings (SSSR count). The minimum atomic E-state index is -0.916. The van der Waals surface area contributed by atoms with Crippen LogP contribution in [0.1, 0.15) is 37.8 Å². The molecule has 17 heavy (non-hydrogen) atoms. The van der Waals surface area contributed by atoms with Crippen LogP contribution in [-0.4, -0.2) is 16.1 Å². The van der Waals surface area contributed by atoms with Crippen LogP contribution in [0.15, 0.2) is 11.5 Å². The first kappa shape index (κ1) is 12.1. The molecule has 0 radical (unpaired) electrons. The Hall–Kier alpha value is -1.36. The number of nitrogen functional groups attached to an aromatic ring is 1. The maximum atomic E-state index is 11.2. The van der Waals surface area contributed by atoms with Crippen LogP contribution in [0, 0.1) is 5.92 Å². The molecule has 0 atom stereocenters. The molecule has 1 aliphatic rings. The highest BCUT2D eigenvalue weighted by atomic mass is 32.1. The summed E-state index contributed by atoms with van der Waals surface area (Å²) < 4.78 is 0. The van der Waals surface area contributed by atoms with Gasteiger partial charge >= 0.3 is 5.97 Å². The molecule has 92 valence electrons. The molecule has 1 fully saturated rings. The van der Waals surface area contributed by atoms with E-state index in [2.05, 4.69) is 4.98 Å². The Kier molecular flexibility index (Phi) is 3.78. The second kappa shape index (κ2) is 5.31. The van der Waals surface area contributed by atoms with Crippen LogP contribution in [0.5, 0.6) is 0 Å². The Morgan fingerprint density at radius 1 is 1.47 bits per heavy atom. The van der Waals surface area contributed by atoms with Gasteiger partial charge in [-0.3, -0.25) is 0 Å². The van der Waals surface area contributed by atoms with Gasteiger partial charge in [-0.25, -0.2) is 9.78 Å². The SMILES string of the molecule is Nc1nc(C(=CC2CCCCC2)C(=O)O)cs1. The van der Waals surface area contributed by atoms with Gasteiger partial charge in [-0.1, -0.05) is 25.3 Å². The second-order valence-corrected chi connectivity index (χ2v) is 5.24. The maximum Gasteiger partial charge on any atom is 0.337 e. The van der Waals surface area contributed by atoms with Gasteiger partial charge < -0.3 is 10.8 Å².